The third-order valence-electron chi connectivity index (χ3n) is 3.43. The predicted octanol–water partition coefficient (Wildman–Crippen LogP) is 3.76. The van der Waals surface area contributed by atoms with Crippen molar-refractivity contribution in [1.82, 2.24) is 0 Å². The van der Waals surface area contributed by atoms with E-state index in [0.29, 0.717) is 6.54 Å². The number of nitrogens with one attached hydrogen (secondary N) is 1. The molecule has 0 spiro atoms. The standard InChI is InChI=1S/C17H21NO/c1-12-5-4-6-16(9-12)18-11-17(19)15-8-7-13(2)14(3)10-15/h4-10,17-19H,11H2,1-3H3. The van der Waals surface area contributed by atoms with Crippen molar-refractivity contribution in [2.75, 3.05) is 11.9 Å². The number of hydrogen-bond donors (Lipinski definition) is 2. The third kappa shape index (κ3) is 3.58. The minimum Gasteiger partial charge on any atom is -0.387 e. The molecule has 2 aromatic carbocycles. The van der Waals surface area contributed by atoms with E-state index in [1.807, 2.05) is 18.2 Å². The van der Waals surface area contributed by atoms with E-state index in [-0.39, 0.29) is 0 Å². The Morgan fingerprint density at radius 2 is 1.79 bits per heavy atom. The van der Waals surface area contributed by atoms with E-state index in [0.717, 1.165) is 11.3 Å². The van der Waals surface area contributed by atoms with Gasteiger partial charge in [-0.3, -0.25) is 0 Å². The molecule has 19 heavy (non-hydrogen) atoms. The fraction of sp³-hybridized carbons (Fsp3) is 0.294. The summed E-state index contributed by atoms with van der Waals surface area (Å²) < 4.78 is 0. The predicted molar refractivity (Wildman–Crippen MR) is 80.5 cm³/mol. The Kier molecular flexibility index (Phi) is 4.23. The molecule has 0 saturated heterocycles. The minimum atomic E-state index is -0.486. The van der Waals surface area contributed by atoms with Gasteiger partial charge in [0.05, 0.1) is 6.10 Å². The molecular formula is C17H21NO. The van der Waals surface area contributed by atoms with Gasteiger partial charge in [-0.05, 0) is 55.2 Å². The van der Waals surface area contributed by atoms with Crippen LogP contribution in [0.2, 0.25) is 0 Å². The molecule has 2 nitrogen and oxygen atoms in total. The molecule has 2 aromatic rings. The maximum absolute atomic E-state index is 10.2. The lowest BCUT2D eigenvalue weighted by atomic mass is 10.0. The lowest BCUT2D eigenvalue weighted by Crippen LogP contribution is -2.12. The highest BCUT2D eigenvalue weighted by molar-refractivity contribution is 5.45. The van der Waals surface area contributed by atoms with Crippen LogP contribution in [0.1, 0.15) is 28.4 Å². The number of aliphatic hydroxyl groups excluding tert-OH is 1. The van der Waals surface area contributed by atoms with Gasteiger partial charge in [-0.2, -0.15) is 0 Å². The maximum atomic E-state index is 10.2. The van der Waals surface area contributed by atoms with E-state index in [1.54, 1.807) is 0 Å². The summed E-state index contributed by atoms with van der Waals surface area (Å²) in [6.07, 6.45) is -0.486. The Balaban J connectivity index is 2.01. The summed E-state index contributed by atoms with van der Waals surface area (Å²) in [4.78, 5) is 0. The van der Waals surface area contributed by atoms with Crippen LogP contribution in [0.3, 0.4) is 0 Å². The fourth-order valence-electron chi connectivity index (χ4n) is 2.06. The molecule has 1 atom stereocenters. The first-order chi connectivity index (χ1) is 9.06. The molecule has 2 rings (SSSR count). The largest absolute Gasteiger partial charge is 0.387 e. The highest BCUT2D eigenvalue weighted by Gasteiger charge is 2.08. The number of aliphatic hydroxyl groups is 1. The maximum Gasteiger partial charge on any atom is 0.0962 e. The summed E-state index contributed by atoms with van der Waals surface area (Å²) in [7, 11) is 0. The lowest BCUT2D eigenvalue weighted by Gasteiger charge is -2.15. The van der Waals surface area contributed by atoms with Crippen LogP contribution in [0, 0.1) is 20.8 Å². The molecule has 0 radical (unpaired) electrons. The van der Waals surface area contributed by atoms with Gasteiger partial charge in [0.2, 0.25) is 0 Å². The fourth-order valence-corrected chi connectivity index (χ4v) is 2.06. The van der Waals surface area contributed by atoms with Gasteiger partial charge in [0, 0.05) is 12.2 Å². The van der Waals surface area contributed by atoms with Gasteiger partial charge < -0.3 is 10.4 Å². The van der Waals surface area contributed by atoms with Gasteiger partial charge in [0.25, 0.3) is 0 Å². The van der Waals surface area contributed by atoms with Crippen molar-refractivity contribution in [3.8, 4) is 0 Å². The number of rotatable bonds is 4. The quantitative estimate of drug-likeness (QED) is 0.872. The molecule has 1 unspecified atom stereocenters. The van der Waals surface area contributed by atoms with Crippen LogP contribution in [-0.4, -0.2) is 11.7 Å². The molecule has 2 heteroatoms. The molecule has 0 fully saturated rings. The SMILES string of the molecule is Cc1cccc(NCC(O)c2ccc(C)c(C)c2)c1. The van der Waals surface area contributed by atoms with Crippen LogP contribution in [-0.2, 0) is 0 Å². The van der Waals surface area contributed by atoms with Crippen LogP contribution in [0.15, 0.2) is 42.5 Å². The Morgan fingerprint density at radius 3 is 2.47 bits per heavy atom. The first-order valence-electron chi connectivity index (χ1n) is 6.62. The molecule has 0 saturated carbocycles. The van der Waals surface area contributed by atoms with Crippen molar-refractivity contribution >= 4 is 5.69 Å². The van der Waals surface area contributed by atoms with E-state index in [9.17, 15) is 5.11 Å². The summed E-state index contributed by atoms with van der Waals surface area (Å²) in [5.74, 6) is 0. The van der Waals surface area contributed by atoms with Crippen LogP contribution in [0.5, 0.6) is 0 Å². The summed E-state index contributed by atoms with van der Waals surface area (Å²) in [5.41, 5.74) is 5.69. The Labute approximate surface area is 115 Å². The zero-order chi connectivity index (χ0) is 13.8. The molecular weight excluding hydrogens is 234 g/mol. The number of aryl methyl sites for hydroxylation is 3. The van der Waals surface area contributed by atoms with Crippen molar-refractivity contribution in [3.63, 3.8) is 0 Å². The zero-order valence-corrected chi connectivity index (χ0v) is 11.8. The normalized spacial score (nSPS) is 12.2. The van der Waals surface area contributed by atoms with Crippen molar-refractivity contribution in [1.29, 1.82) is 0 Å². The van der Waals surface area contributed by atoms with Gasteiger partial charge in [0.15, 0.2) is 0 Å². The van der Waals surface area contributed by atoms with Crippen LogP contribution < -0.4 is 5.32 Å². The lowest BCUT2D eigenvalue weighted by molar-refractivity contribution is 0.191. The highest BCUT2D eigenvalue weighted by atomic mass is 16.3. The van der Waals surface area contributed by atoms with Gasteiger partial charge in [0.1, 0.15) is 0 Å². The van der Waals surface area contributed by atoms with Gasteiger partial charge >= 0.3 is 0 Å². The average molecular weight is 255 g/mol. The Morgan fingerprint density at radius 1 is 1.00 bits per heavy atom. The molecule has 0 aliphatic carbocycles. The van der Waals surface area contributed by atoms with Crippen LogP contribution in [0.25, 0.3) is 0 Å². The van der Waals surface area contributed by atoms with Crippen molar-refractivity contribution in [3.05, 3.63) is 64.7 Å². The molecule has 2 N–H and O–H groups in total. The Bertz CT molecular complexity index is 563. The summed E-state index contributed by atoms with van der Waals surface area (Å²) in [5, 5.41) is 13.5. The molecule has 0 heterocycles. The van der Waals surface area contributed by atoms with Crippen LogP contribution >= 0.6 is 0 Å². The molecule has 0 aromatic heterocycles. The molecule has 0 bridgehead atoms. The van der Waals surface area contributed by atoms with Crippen molar-refractivity contribution in [2.45, 2.75) is 26.9 Å². The van der Waals surface area contributed by atoms with Gasteiger partial charge in [-0.25, -0.2) is 0 Å². The van der Waals surface area contributed by atoms with Gasteiger partial charge in [-0.15, -0.1) is 0 Å². The summed E-state index contributed by atoms with van der Waals surface area (Å²) in [6.45, 7) is 6.73. The summed E-state index contributed by atoms with van der Waals surface area (Å²) in [6, 6.07) is 14.3. The second kappa shape index (κ2) is 5.89. The second-order valence-electron chi connectivity index (χ2n) is 5.11. The minimum absolute atomic E-state index is 0.486. The van der Waals surface area contributed by atoms with Gasteiger partial charge in [-0.1, -0.05) is 30.3 Å². The molecule has 0 aliphatic rings. The smallest absolute Gasteiger partial charge is 0.0962 e. The molecule has 0 amide bonds. The van der Waals surface area contributed by atoms with E-state index in [4.69, 9.17) is 0 Å². The topological polar surface area (TPSA) is 32.3 Å². The third-order valence-corrected chi connectivity index (χ3v) is 3.43. The van der Waals surface area contributed by atoms with Crippen LogP contribution in [0.4, 0.5) is 5.69 Å². The van der Waals surface area contributed by atoms with Crippen molar-refractivity contribution < 1.29 is 5.11 Å². The summed E-state index contributed by atoms with van der Waals surface area (Å²) >= 11 is 0. The highest BCUT2D eigenvalue weighted by Crippen LogP contribution is 2.18. The number of benzene rings is 2. The zero-order valence-electron chi connectivity index (χ0n) is 11.8. The Hall–Kier alpha value is -1.80. The number of anilines is 1. The average Bonchev–Trinajstić information content (AvgIpc) is 2.39. The van der Waals surface area contributed by atoms with E-state index in [1.165, 1.54) is 16.7 Å². The van der Waals surface area contributed by atoms with E-state index < -0.39 is 6.10 Å². The molecule has 0 aliphatic heterocycles. The first-order valence-corrected chi connectivity index (χ1v) is 6.62. The van der Waals surface area contributed by atoms with E-state index >= 15 is 0 Å². The first kappa shape index (κ1) is 13.6. The monoisotopic (exact) mass is 255 g/mol. The van der Waals surface area contributed by atoms with Crippen molar-refractivity contribution in [2.24, 2.45) is 0 Å². The molecule has 100 valence electrons. The second-order valence-corrected chi connectivity index (χ2v) is 5.11. The van der Waals surface area contributed by atoms with E-state index in [2.05, 4.69) is 50.4 Å². The number of hydrogen-bond acceptors (Lipinski definition) is 2.